The van der Waals surface area contributed by atoms with E-state index in [-0.39, 0.29) is 24.5 Å². The average molecular weight is 229 g/mol. The summed E-state index contributed by atoms with van der Waals surface area (Å²) in [6.07, 6.45) is 6.42. The largest absolute Gasteiger partial charge is 0.396 e. The first kappa shape index (κ1) is 13.5. The number of carbonyl (C=O) groups is 1. The van der Waals surface area contributed by atoms with Crippen molar-refractivity contribution in [2.24, 2.45) is 5.41 Å². The molecule has 1 amide bonds. The van der Waals surface area contributed by atoms with Crippen LogP contribution in [0.4, 0.5) is 0 Å². The average Bonchev–Trinajstić information content (AvgIpc) is 2.35. The summed E-state index contributed by atoms with van der Waals surface area (Å²) in [6, 6.07) is 0. The molecule has 1 aliphatic carbocycles. The molecule has 4 nitrogen and oxygen atoms in total. The Morgan fingerprint density at radius 2 is 1.88 bits per heavy atom. The van der Waals surface area contributed by atoms with Gasteiger partial charge in [0.2, 0.25) is 5.91 Å². The Hall–Kier alpha value is -0.610. The molecule has 0 aromatic rings. The lowest BCUT2D eigenvalue weighted by atomic mass is 9.74. The summed E-state index contributed by atoms with van der Waals surface area (Å²) < 4.78 is 0. The molecular weight excluding hydrogens is 206 g/mol. The van der Waals surface area contributed by atoms with Gasteiger partial charge >= 0.3 is 0 Å². The fraction of sp³-hybridized carbons (Fsp3) is 0.917. The molecule has 16 heavy (non-hydrogen) atoms. The van der Waals surface area contributed by atoms with Crippen molar-refractivity contribution < 1.29 is 15.0 Å². The number of carbonyl (C=O) groups excluding carboxylic acids is 1. The van der Waals surface area contributed by atoms with E-state index in [1.54, 1.807) is 0 Å². The van der Waals surface area contributed by atoms with Crippen molar-refractivity contribution in [3.05, 3.63) is 0 Å². The number of amides is 1. The van der Waals surface area contributed by atoms with Gasteiger partial charge in [0.15, 0.2) is 0 Å². The Kier molecular flexibility index (Phi) is 5.77. The van der Waals surface area contributed by atoms with Gasteiger partial charge < -0.3 is 15.5 Å². The molecule has 0 aromatic heterocycles. The lowest BCUT2D eigenvalue weighted by Gasteiger charge is -2.35. The summed E-state index contributed by atoms with van der Waals surface area (Å²) in [5, 5.41) is 20.9. The minimum atomic E-state index is -0.0902. The zero-order valence-electron chi connectivity index (χ0n) is 9.87. The van der Waals surface area contributed by atoms with Gasteiger partial charge in [-0.05, 0) is 19.3 Å². The summed E-state index contributed by atoms with van der Waals surface area (Å²) >= 11 is 0. The quantitative estimate of drug-likeness (QED) is 0.631. The number of hydrogen-bond acceptors (Lipinski definition) is 3. The monoisotopic (exact) mass is 229 g/mol. The van der Waals surface area contributed by atoms with Crippen LogP contribution in [0.1, 0.15) is 44.9 Å². The molecule has 0 aliphatic heterocycles. The van der Waals surface area contributed by atoms with Crippen LogP contribution in [-0.2, 0) is 4.79 Å². The van der Waals surface area contributed by atoms with Crippen molar-refractivity contribution in [1.29, 1.82) is 0 Å². The molecule has 1 rings (SSSR count). The smallest absolute Gasteiger partial charge is 0.220 e. The highest BCUT2D eigenvalue weighted by Gasteiger charge is 2.31. The molecular formula is C12H23NO3. The van der Waals surface area contributed by atoms with Gasteiger partial charge in [-0.2, -0.15) is 0 Å². The van der Waals surface area contributed by atoms with Gasteiger partial charge in [-0.3, -0.25) is 4.79 Å². The zero-order valence-corrected chi connectivity index (χ0v) is 9.87. The van der Waals surface area contributed by atoms with Gasteiger partial charge in [0.05, 0.1) is 6.61 Å². The van der Waals surface area contributed by atoms with Crippen molar-refractivity contribution in [2.75, 3.05) is 19.8 Å². The third-order valence-electron chi connectivity index (χ3n) is 3.47. The van der Waals surface area contributed by atoms with Gasteiger partial charge in [-0.15, -0.1) is 0 Å². The van der Waals surface area contributed by atoms with E-state index in [4.69, 9.17) is 5.11 Å². The van der Waals surface area contributed by atoms with Crippen molar-refractivity contribution in [2.45, 2.75) is 44.9 Å². The topological polar surface area (TPSA) is 69.6 Å². The highest BCUT2D eigenvalue weighted by Crippen LogP contribution is 2.35. The first-order valence-corrected chi connectivity index (χ1v) is 6.21. The van der Waals surface area contributed by atoms with E-state index < -0.39 is 0 Å². The Labute approximate surface area is 97.0 Å². The third-order valence-corrected chi connectivity index (χ3v) is 3.47. The van der Waals surface area contributed by atoms with E-state index >= 15 is 0 Å². The molecule has 0 aromatic carbocycles. The number of rotatable bonds is 6. The predicted octanol–water partition coefficient (Wildman–Crippen LogP) is 0.818. The first-order valence-electron chi connectivity index (χ1n) is 6.21. The number of hydrogen-bond donors (Lipinski definition) is 3. The van der Waals surface area contributed by atoms with Crippen LogP contribution in [0.5, 0.6) is 0 Å². The van der Waals surface area contributed by atoms with Crippen molar-refractivity contribution in [3.63, 3.8) is 0 Å². The Morgan fingerprint density at radius 3 is 2.44 bits per heavy atom. The second kappa shape index (κ2) is 6.86. The fourth-order valence-electron chi connectivity index (χ4n) is 2.31. The van der Waals surface area contributed by atoms with Crippen molar-refractivity contribution in [3.8, 4) is 0 Å². The molecule has 0 bridgehead atoms. The molecule has 0 radical (unpaired) electrons. The van der Waals surface area contributed by atoms with Gasteiger partial charge in [0.1, 0.15) is 0 Å². The molecule has 3 N–H and O–H groups in total. The van der Waals surface area contributed by atoms with E-state index in [1.807, 2.05) is 0 Å². The first-order chi connectivity index (χ1) is 7.72. The van der Waals surface area contributed by atoms with Crippen molar-refractivity contribution >= 4 is 5.91 Å². The number of aliphatic hydroxyl groups is 2. The maximum Gasteiger partial charge on any atom is 0.220 e. The van der Waals surface area contributed by atoms with Crippen LogP contribution < -0.4 is 5.32 Å². The highest BCUT2D eigenvalue weighted by atomic mass is 16.3. The van der Waals surface area contributed by atoms with Crippen molar-refractivity contribution in [1.82, 2.24) is 5.32 Å². The van der Waals surface area contributed by atoms with Gasteiger partial charge in [0, 0.05) is 25.0 Å². The molecule has 0 heterocycles. The molecule has 1 aliphatic rings. The van der Waals surface area contributed by atoms with Crippen LogP contribution in [0, 0.1) is 5.41 Å². The fourth-order valence-corrected chi connectivity index (χ4v) is 2.31. The Bertz CT molecular complexity index is 212. The lowest BCUT2D eigenvalue weighted by Crippen LogP contribution is -2.41. The standard InChI is InChI=1S/C12H23NO3/c14-8-4-5-11(16)13-9-12(10-15)6-2-1-3-7-12/h14-15H,1-10H2,(H,13,16). The van der Waals surface area contributed by atoms with Crippen LogP contribution in [0.15, 0.2) is 0 Å². The second-order valence-corrected chi connectivity index (χ2v) is 4.82. The van der Waals surface area contributed by atoms with E-state index in [2.05, 4.69) is 5.32 Å². The summed E-state index contributed by atoms with van der Waals surface area (Å²) in [5.74, 6) is -0.0209. The number of nitrogens with one attached hydrogen (secondary N) is 1. The van der Waals surface area contributed by atoms with Crippen LogP contribution in [0.25, 0.3) is 0 Å². The minimum absolute atomic E-state index is 0.0209. The Balaban J connectivity index is 2.30. The van der Waals surface area contributed by atoms with Gasteiger partial charge in [0.25, 0.3) is 0 Å². The maximum absolute atomic E-state index is 11.4. The molecule has 0 spiro atoms. The summed E-state index contributed by atoms with van der Waals surface area (Å²) in [6.45, 7) is 0.791. The normalized spacial score (nSPS) is 19.4. The van der Waals surface area contributed by atoms with E-state index in [9.17, 15) is 9.90 Å². The Morgan fingerprint density at radius 1 is 1.19 bits per heavy atom. The SMILES string of the molecule is O=C(CCCO)NCC1(CO)CCCCC1. The summed E-state index contributed by atoms with van der Waals surface area (Å²) in [7, 11) is 0. The summed E-state index contributed by atoms with van der Waals surface area (Å²) in [5.41, 5.74) is -0.0902. The van der Waals surface area contributed by atoms with Crippen LogP contribution >= 0.6 is 0 Å². The van der Waals surface area contributed by atoms with Crippen LogP contribution in [0.3, 0.4) is 0 Å². The van der Waals surface area contributed by atoms with Gasteiger partial charge in [-0.1, -0.05) is 19.3 Å². The molecule has 0 unspecified atom stereocenters. The summed E-state index contributed by atoms with van der Waals surface area (Å²) in [4.78, 5) is 11.4. The molecule has 4 heteroatoms. The lowest BCUT2D eigenvalue weighted by molar-refractivity contribution is -0.122. The van der Waals surface area contributed by atoms with E-state index in [0.29, 0.717) is 19.4 Å². The van der Waals surface area contributed by atoms with Crippen LogP contribution in [0.2, 0.25) is 0 Å². The van der Waals surface area contributed by atoms with Gasteiger partial charge in [-0.25, -0.2) is 0 Å². The van der Waals surface area contributed by atoms with E-state index in [1.165, 1.54) is 6.42 Å². The van der Waals surface area contributed by atoms with Crippen LogP contribution in [-0.4, -0.2) is 35.9 Å². The minimum Gasteiger partial charge on any atom is -0.396 e. The molecule has 94 valence electrons. The number of aliphatic hydroxyl groups excluding tert-OH is 2. The third kappa shape index (κ3) is 4.10. The molecule has 1 saturated carbocycles. The zero-order chi connectivity index (χ0) is 11.9. The predicted molar refractivity (Wildman–Crippen MR) is 61.9 cm³/mol. The molecule has 0 saturated heterocycles. The second-order valence-electron chi connectivity index (χ2n) is 4.82. The molecule has 1 fully saturated rings. The van der Waals surface area contributed by atoms with E-state index in [0.717, 1.165) is 25.7 Å². The molecule has 0 atom stereocenters. The maximum atomic E-state index is 11.4. The highest BCUT2D eigenvalue weighted by molar-refractivity contribution is 5.75.